The van der Waals surface area contributed by atoms with E-state index in [1.165, 1.54) is 4.68 Å². The first kappa shape index (κ1) is 24.2. The van der Waals surface area contributed by atoms with E-state index in [2.05, 4.69) is 48.6 Å². The van der Waals surface area contributed by atoms with Crippen LogP contribution in [0.15, 0.2) is 44.7 Å². The Morgan fingerprint density at radius 1 is 1.31 bits per heavy atom. The molecule has 10 heteroatoms. The quantitative estimate of drug-likeness (QED) is 0.305. The van der Waals surface area contributed by atoms with Gasteiger partial charge in [0, 0.05) is 10.4 Å². The molecule has 0 spiro atoms. The minimum atomic E-state index is -0.579. The smallest absolute Gasteiger partial charge is 0.282 e. The molecule has 3 rings (SSSR count). The Morgan fingerprint density at radius 2 is 2.06 bits per heavy atom. The molecule has 8 nitrogen and oxygen atoms in total. The van der Waals surface area contributed by atoms with Crippen LogP contribution >= 0.6 is 38.5 Å². The van der Waals surface area contributed by atoms with Gasteiger partial charge in [-0.1, -0.05) is 29.8 Å². The highest BCUT2D eigenvalue weighted by atomic mass is 127. The molecule has 0 atom stereocenters. The number of hydrogen-bond acceptors (Lipinski definition) is 6. The van der Waals surface area contributed by atoms with Crippen molar-refractivity contribution >= 4 is 61.5 Å². The summed E-state index contributed by atoms with van der Waals surface area (Å²) in [6, 6.07) is 8.94. The van der Waals surface area contributed by atoms with Gasteiger partial charge in [0.1, 0.15) is 5.82 Å². The molecule has 0 unspecified atom stereocenters. The van der Waals surface area contributed by atoms with Gasteiger partial charge in [0.15, 0.2) is 18.1 Å². The number of rotatable bonds is 8. The molecule has 0 fully saturated rings. The Hall–Kier alpha value is -2.47. The van der Waals surface area contributed by atoms with Gasteiger partial charge in [0.05, 0.1) is 27.3 Å². The molecule has 0 saturated carbocycles. The number of primary amides is 1. The lowest BCUT2D eigenvalue weighted by Gasteiger charge is -2.14. The molecule has 0 bridgehead atoms. The number of fused-ring (bicyclic) bond motifs is 1. The summed E-state index contributed by atoms with van der Waals surface area (Å²) in [7, 11) is 0. The predicted octanol–water partition coefficient (Wildman–Crippen LogP) is 4.03. The third kappa shape index (κ3) is 5.47. The molecule has 0 saturated heterocycles. The Morgan fingerprint density at radius 3 is 2.72 bits per heavy atom. The first-order valence-electron chi connectivity index (χ1n) is 9.85. The fourth-order valence-corrected chi connectivity index (χ4v) is 4.13. The number of benzene rings is 2. The molecule has 2 N–H and O–H groups in total. The van der Waals surface area contributed by atoms with Crippen LogP contribution in [0.5, 0.6) is 11.5 Å². The van der Waals surface area contributed by atoms with Gasteiger partial charge in [-0.05, 0) is 65.4 Å². The second-order valence-corrected chi connectivity index (χ2v) is 9.24. The minimum absolute atomic E-state index is 0.0170. The molecule has 0 aliphatic rings. The highest BCUT2D eigenvalue weighted by molar-refractivity contribution is 14.1. The van der Waals surface area contributed by atoms with Gasteiger partial charge in [0.2, 0.25) is 0 Å². The fraction of sp³-hybridized carbons (Fsp3) is 0.273. The fourth-order valence-electron chi connectivity index (χ4n) is 2.98. The van der Waals surface area contributed by atoms with Crippen LogP contribution in [0.25, 0.3) is 10.9 Å². The number of hydrogen-bond donors (Lipinski definition) is 1. The van der Waals surface area contributed by atoms with Crippen LogP contribution in [0, 0.1) is 3.57 Å². The average molecular weight is 613 g/mol. The zero-order chi connectivity index (χ0) is 23.4. The molecule has 0 radical (unpaired) electrons. The van der Waals surface area contributed by atoms with Gasteiger partial charge in [-0.2, -0.15) is 9.78 Å². The largest absolute Gasteiger partial charge is 0.490 e. The molecule has 3 aromatic rings. The van der Waals surface area contributed by atoms with E-state index in [-0.39, 0.29) is 18.1 Å². The second-order valence-electron chi connectivity index (χ2n) is 7.17. The molecule has 32 heavy (non-hydrogen) atoms. The Balaban J connectivity index is 2.08. The lowest BCUT2D eigenvalue weighted by Crippen LogP contribution is -2.23. The van der Waals surface area contributed by atoms with Gasteiger partial charge in [-0.15, -0.1) is 0 Å². The second kappa shape index (κ2) is 10.4. The van der Waals surface area contributed by atoms with Crippen LogP contribution in [-0.2, 0) is 4.79 Å². The van der Waals surface area contributed by atoms with Gasteiger partial charge in [-0.25, -0.2) is 4.98 Å². The van der Waals surface area contributed by atoms with Crippen molar-refractivity contribution in [2.75, 3.05) is 13.2 Å². The molecular formula is C22H22BrIN4O4. The maximum Gasteiger partial charge on any atom is 0.282 e. The van der Waals surface area contributed by atoms with Crippen LogP contribution in [0.2, 0.25) is 0 Å². The standard InChI is InChI=1S/C22H22BrIN4O4/c1-4-31-18-8-13(7-16(24)20(18)32-11-19(25)29)10-26-28-21(12(2)3)27-17-6-5-14(23)9-15(17)22(28)30/h5-10,12H,4,11H2,1-3H3,(H2,25,29). The van der Waals surface area contributed by atoms with Crippen LogP contribution < -0.4 is 20.8 Å². The van der Waals surface area contributed by atoms with E-state index < -0.39 is 5.91 Å². The van der Waals surface area contributed by atoms with Gasteiger partial charge >= 0.3 is 0 Å². The molecule has 0 aliphatic heterocycles. The van der Waals surface area contributed by atoms with Crippen molar-refractivity contribution < 1.29 is 14.3 Å². The normalized spacial score (nSPS) is 11.4. The summed E-state index contributed by atoms with van der Waals surface area (Å²) >= 11 is 5.49. The summed E-state index contributed by atoms with van der Waals surface area (Å²) in [6.45, 7) is 5.91. The van der Waals surface area contributed by atoms with Crippen molar-refractivity contribution in [2.24, 2.45) is 10.8 Å². The van der Waals surface area contributed by atoms with Crippen molar-refractivity contribution in [1.29, 1.82) is 0 Å². The summed E-state index contributed by atoms with van der Waals surface area (Å²) < 4.78 is 14.0. The van der Waals surface area contributed by atoms with E-state index in [1.807, 2.05) is 39.0 Å². The minimum Gasteiger partial charge on any atom is -0.490 e. The topological polar surface area (TPSA) is 109 Å². The van der Waals surface area contributed by atoms with E-state index in [4.69, 9.17) is 15.2 Å². The molecule has 1 heterocycles. The monoisotopic (exact) mass is 612 g/mol. The summed E-state index contributed by atoms with van der Waals surface area (Å²) in [5, 5.41) is 4.92. The zero-order valence-corrected chi connectivity index (χ0v) is 21.5. The number of aromatic nitrogens is 2. The Bertz CT molecular complexity index is 1260. The molecule has 168 valence electrons. The van der Waals surface area contributed by atoms with Crippen molar-refractivity contribution in [1.82, 2.24) is 9.66 Å². The number of nitrogens with two attached hydrogens (primary N) is 1. The lowest BCUT2D eigenvalue weighted by molar-refractivity contribution is -0.119. The Kier molecular flexibility index (Phi) is 7.88. The van der Waals surface area contributed by atoms with E-state index in [0.29, 0.717) is 44.0 Å². The highest BCUT2D eigenvalue weighted by Gasteiger charge is 2.15. The van der Waals surface area contributed by atoms with Crippen molar-refractivity contribution in [3.05, 3.63) is 60.1 Å². The molecule has 1 aromatic heterocycles. The van der Waals surface area contributed by atoms with E-state index in [1.54, 1.807) is 18.3 Å². The maximum atomic E-state index is 13.2. The number of halogens is 2. The summed E-state index contributed by atoms with van der Waals surface area (Å²) in [6.07, 6.45) is 1.57. The number of nitrogens with zero attached hydrogens (tertiary/aromatic N) is 3. The first-order chi connectivity index (χ1) is 15.2. The SMILES string of the molecule is CCOc1cc(C=Nn2c(C(C)C)nc3ccc(Br)cc3c2=O)cc(I)c1OCC(N)=O. The summed E-state index contributed by atoms with van der Waals surface area (Å²) in [5.74, 6) is 0.850. The summed E-state index contributed by atoms with van der Waals surface area (Å²) in [4.78, 5) is 28.9. The first-order valence-corrected chi connectivity index (χ1v) is 11.7. The number of carbonyl (C=O) groups is 1. The zero-order valence-electron chi connectivity index (χ0n) is 17.8. The van der Waals surface area contributed by atoms with E-state index >= 15 is 0 Å². The van der Waals surface area contributed by atoms with E-state index in [9.17, 15) is 9.59 Å². The third-order valence-electron chi connectivity index (χ3n) is 4.36. The third-order valence-corrected chi connectivity index (χ3v) is 5.66. The number of ether oxygens (including phenoxy) is 2. The molecule has 1 amide bonds. The van der Waals surface area contributed by atoms with Gasteiger partial charge in [0.25, 0.3) is 11.5 Å². The summed E-state index contributed by atoms with van der Waals surface area (Å²) in [5.41, 5.74) is 6.25. The van der Waals surface area contributed by atoms with Crippen LogP contribution in [-0.4, -0.2) is 35.0 Å². The van der Waals surface area contributed by atoms with Crippen molar-refractivity contribution in [2.45, 2.75) is 26.7 Å². The van der Waals surface area contributed by atoms with Crippen LogP contribution in [0.3, 0.4) is 0 Å². The van der Waals surface area contributed by atoms with E-state index in [0.717, 1.165) is 4.47 Å². The number of carbonyl (C=O) groups excluding carboxylic acids is 1. The van der Waals surface area contributed by atoms with Crippen molar-refractivity contribution in [3.63, 3.8) is 0 Å². The Labute approximate surface area is 207 Å². The van der Waals surface area contributed by atoms with Gasteiger partial charge < -0.3 is 15.2 Å². The lowest BCUT2D eigenvalue weighted by atomic mass is 10.2. The molecule has 2 aromatic carbocycles. The maximum absolute atomic E-state index is 13.2. The van der Waals surface area contributed by atoms with Crippen LogP contribution in [0.4, 0.5) is 0 Å². The van der Waals surface area contributed by atoms with Crippen molar-refractivity contribution in [3.8, 4) is 11.5 Å². The average Bonchev–Trinajstić information content (AvgIpc) is 2.72. The van der Waals surface area contributed by atoms with Gasteiger partial charge in [-0.3, -0.25) is 9.59 Å². The number of amides is 1. The predicted molar refractivity (Wildman–Crippen MR) is 136 cm³/mol. The highest BCUT2D eigenvalue weighted by Crippen LogP contribution is 2.34. The van der Waals surface area contributed by atoms with Crippen LogP contribution in [0.1, 0.15) is 38.1 Å². The molecule has 0 aliphatic carbocycles. The molecular weight excluding hydrogens is 591 g/mol.